The second-order valence-corrected chi connectivity index (χ2v) is 4.43. The molecule has 0 saturated heterocycles. The Kier molecular flexibility index (Phi) is 3.85. The van der Waals surface area contributed by atoms with E-state index in [1.807, 2.05) is 6.92 Å². The van der Waals surface area contributed by atoms with E-state index in [1.165, 1.54) is 0 Å². The van der Waals surface area contributed by atoms with Gasteiger partial charge in [-0.2, -0.15) is 0 Å². The summed E-state index contributed by atoms with van der Waals surface area (Å²) >= 11 is 0. The average Bonchev–Trinajstić information content (AvgIpc) is 2.19. The maximum absolute atomic E-state index is 13.5. The van der Waals surface area contributed by atoms with Crippen molar-refractivity contribution in [1.29, 1.82) is 0 Å². The van der Waals surface area contributed by atoms with Gasteiger partial charge in [0.05, 0.1) is 0 Å². The topological polar surface area (TPSA) is 0 Å². The highest BCUT2D eigenvalue weighted by Gasteiger charge is 2.52. The summed E-state index contributed by atoms with van der Waals surface area (Å²) in [5.41, 5.74) is -1.03. The Labute approximate surface area is 83.9 Å². The standard InChI is InChI=1S/C11H19F3/c1-2-6-10(11(13,14)9-12)7-4-3-5-8-10/h2-9H2,1H3. The molecule has 0 bridgehead atoms. The third-order valence-electron chi connectivity index (χ3n) is 3.48. The van der Waals surface area contributed by atoms with Crippen LogP contribution in [-0.2, 0) is 0 Å². The van der Waals surface area contributed by atoms with Gasteiger partial charge in [-0.15, -0.1) is 0 Å². The molecular formula is C11H19F3. The van der Waals surface area contributed by atoms with Crippen LogP contribution in [0.15, 0.2) is 0 Å². The lowest BCUT2D eigenvalue weighted by atomic mass is 9.67. The molecule has 1 saturated carbocycles. The van der Waals surface area contributed by atoms with Crippen molar-refractivity contribution in [1.82, 2.24) is 0 Å². The Bertz CT molecular complexity index is 166. The first-order valence-electron chi connectivity index (χ1n) is 5.52. The largest absolute Gasteiger partial charge is 0.281 e. The first-order valence-corrected chi connectivity index (χ1v) is 5.52. The lowest BCUT2D eigenvalue weighted by Crippen LogP contribution is -2.44. The van der Waals surface area contributed by atoms with E-state index in [-0.39, 0.29) is 0 Å². The molecular weight excluding hydrogens is 189 g/mol. The van der Waals surface area contributed by atoms with Crippen molar-refractivity contribution in [2.75, 3.05) is 6.67 Å². The van der Waals surface area contributed by atoms with Crippen molar-refractivity contribution in [2.24, 2.45) is 5.41 Å². The zero-order valence-corrected chi connectivity index (χ0v) is 8.79. The van der Waals surface area contributed by atoms with Gasteiger partial charge in [-0.25, -0.2) is 13.2 Å². The fourth-order valence-corrected chi connectivity index (χ4v) is 2.65. The minimum absolute atomic E-state index is 0.462. The van der Waals surface area contributed by atoms with Gasteiger partial charge in [0, 0.05) is 5.41 Å². The van der Waals surface area contributed by atoms with Crippen LogP contribution in [0.3, 0.4) is 0 Å². The Hall–Kier alpha value is -0.210. The monoisotopic (exact) mass is 208 g/mol. The van der Waals surface area contributed by atoms with Gasteiger partial charge in [0.1, 0.15) is 0 Å². The zero-order valence-electron chi connectivity index (χ0n) is 8.79. The van der Waals surface area contributed by atoms with Crippen LogP contribution >= 0.6 is 0 Å². The van der Waals surface area contributed by atoms with E-state index in [0.717, 1.165) is 25.7 Å². The second-order valence-electron chi connectivity index (χ2n) is 4.43. The fraction of sp³-hybridized carbons (Fsp3) is 1.00. The lowest BCUT2D eigenvalue weighted by Gasteiger charge is -2.42. The van der Waals surface area contributed by atoms with Crippen LogP contribution in [-0.4, -0.2) is 12.6 Å². The molecule has 14 heavy (non-hydrogen) atoms. The van der Waals surface area contributed by atoms with Gasteiger partial charge in [-0.3, -0.25) is 0 Å². The third-order valence-corrected chi connectivity index (χ3v) is 3.48. The quantitative estimate of drug-likeness (QED) is 0.644. The number of alkyl halides is 3. The van der Waals surface area contributed by atoms with Crippen LogP contribution in [0.1, 0.15) is 51.9 Å². The van der Waals surface area contributed by atoms with Crippen LogP contribution < -0.4 is 0 Å². The molecule has 0 amide bonds. The molecule has 0 heterocycles. The first kappa shape index (κ1) is 11.9. The van der Waals surface area contributed by atoms with E-state index in [1.54, 1.807) is 0 Å². The molecule has 0 unspecified atom stereocenters. The van der Waals surface area contributed by atoms with E-state index in [2.05, 4.69) is 0 Å². The summed E-state index contributed by atoms with van der Waals surface area (Å²) in [5, 5.41) is 0. The summed E-state index contributed by atoms with van der Waals surface area (Å²) in [5.74, 6) is -3.11. The van der Waals surface area contributed by atoms with Crippen LogP contribution in [0.5, 0.6) is 0 Å². The average molecular weight is 208 g/mol. The molecule has 0 radical (unpaired) electrons. The number of halogens is 3. The molecule has 1 rings (SSSR count). The van der Waals surface area contributed by atoms with Crippen molar-refractivity contribution >= 4 is 0 Å². The predicted octanol–water partition coefficient (Wildman–Crippen LogP) is 4.34. The summed E-state index contributed by atoms with van der Waals surface area (Å²) in [4.78, 5) is 0. The van der Waals surface area contributed by atoms with Crippen LogP contribution in [0.25, 0.3) is 0 Å². The molecule has 84 valence electrons. The molecule has 0 atom stereocenters. The second kappa shape index (κ2) is 4.54. The van der Waals surface area contributed by atoms with Gasteiger partial charge in [0.25, 0.3) is 5.92 Å². The Balaban J connectivity index is 2.78. The molecule has 0 aliphatic heterocycles. The van der Waals surface area contributed by atoms with Crippen molar-refractivity contribution < 1.29 is 13.2 Å². The fourth-order valence-electron chi connectivity index (χ4n) is 2.65. The van der Waals surface area contributed by atoms with E-state index in [0.29, 0.717) is 19.3 Å². The zero-order chi connectivity index (χ0) is 10.7. The highest BCUT2D eigenvalue weighted by Crippen LogP contribution is 2.51. The van der Waals surface area contributed by atoms with Gasteiger partial charge in [0.15, 0.2) is 6.67 Å². The maximum Gasteiger partial charge on any atom is 0.281 e. The first-order chi connectivity index (χ1) is 6.58. The molecule has 0 nitrogen and oxygen atoms in total. The number of hydrogen-bond acceptors (Lipinski definition) is 0. The summed E-state index contributed by atoms with van der Waals surface area (Å²) in [6.45, 7) is 0.400. The van der Waals surface area contributed by atoms with E-state index >= 15 is 0 Å². The number of hydrogen-bond donors (Lipinski definition) is 0. The molecule has 0 N–H and O–H groups in total. The summed E-state index contributed by atoms with van der Waals surface area (Å²) in [6.07, 6.45) is 4.86. The van der Waals surface area contributed by atoms with Crippen LogP contribution in [0, 0.1) is 5.41 Å². The molecule has 1 aliphatic rings. The Morgan fingerprint density at radius 2 is 1.71 bits per heavy atom. The highest BCUT2D eigenvalue weighted by molar-refractivity contribution is 4.94. The van der Waals surface area contributed by atoms with Gasteiger partial charge < -0.3 is 0 Å². The number of rotatable bonds is 4. The normalized spacial score (nSPS) is 22.3. The van der Waals surface area contributed by atoms with Crippen molar-refractivity contribution in [2.45, 2.75) is 57.8 Å². The van der Waals surface area contributed by atoms with Gasteiger partial charge >= 0.3 is 0 Å². The van der Waals surface area contributed by atoms with Gasteiger partial charge in [-0.05, 0) is 19.3 Å². The molecule has 0 aromatic carbocycles. The Morgan fingerprint density at radius 1 is 1.14 bits per heavy atom. The third kappa shape index (κ3) is 2.06. The highest BCUT2D eigenvalue weighted by atomic mass is 19.3. The molecule has 1 fully saturated rings. The molecule has 0 spiro atoms. The van der Waals surface area contributed by atoms with Crippen molar-refractivity contribution in [3.8, 4) is 0 Å². The molecule has 1 aliphatic carbocycles. The molecule has 0 aromatic heterocycles. The van der Waals surface area contributed by atoms with Crippen molar-refractivity contribution in [3.63, 3.8) is 0 Å². The SMILES string of the molecule is CCCC1(C(F)(F)CF)CCCCC1. The van der Waals surface area contributed by atoms with Gasteiger partial charge in [0.2, 0.25) is 0 Å². The summed E-state index contributed by atoms with van der Waals surface area (Å²) in [7, 11) is 0. The molecule has 0 aromatic rings. The smallest absolute Gasteiger partial charge is 0.244 e. The van der Waals surface area contributed by atoms with E-state index in [9.17, 15) is 13.2 Å². The Morgan fingerprint density at radius 3 is 2.14 bits per heavy atom. The minimum Gasteiger partial charge on any atom is -0.244 e. The van der Waals surface area contributed by atoms with Gasteiger partial charge in [-0.1, -0.05) is 32.6 Å². The summed E-state index contributed by atoms with van der Waals surface area (Å²) in [6, 6.07) is 0. The predicted molar refractivity (Wildman–Crippen MR) is 51.3 cm³/mol. The maximum atomic E-state index is 13.5. The summed E-state index contributed by atoms with van der Waals surface area (Å²) < 4.78 is 39.4. The van der Waals surface area contributed by atoms with E-state index < -0.39 is 18.0 Å². The van der Waals surface area contributed by atoms with Crippen LogP contribution in [0.2, 0.25) is 0 Å². The van der Waals surface area contributed by atoms with E-state index in [4.69, 9.17) is 0 Å². The minimum atomic E-state index is -3.11. The molecule has 3 heteroatoms. The van der Waals surface area contributed by atoms with Crippen molar-refractivity contribution in [3.05, 3.63) is 0 Å². The van der Waals surface area contributed by atoms with Crippen LogP contribution in [0.4, 0.5) is 13.2 Å². The lowest BCUT2D eigenvalue weighted by molar-refractivity contribution is -0.155.